The molecule has 0 atom stereocenters. The number of aryl methyl sites for hydroxylation is 1. The maximum Gasteiger partial charge on any atom is 0.573 e. The number of carbonyl (C=O) groups is 1. The third kappa shape index (κ3) is 4.21. The number of alkyl halides is 3. The van der Waals surface area contributed by atoms with E-state index in [-0.39, 0.29) is 5.69 Å². The highest BCUT2D eigenvalue weighted by molar-refractivity contribution is 6.04. The molecule has 0 aliphatic carbocycles. The molecule has 1 heterocycles. The molecule has 0 bridgehead atoms. The second kappa shape index (κ2) is 6.91. The van der Waals surface area contributed by atoms with Gasteiger partial charge in [0.15, 0.2) is 0 Å². The Balaban J connectivity index is 1.72. The van der Waals surface area contributed by atoms with Crippen LogP contribution in [0.1, 0.15) is 16.1 Å². The van der Waals surface area contributed by atoms with Crippen molar-refractivity contribution >= 4 is 11.6 Å². The maximum atomic E-state index is 12.3. The molecule has 5 nitrogen and oxygen atoms in total. The van der Waals surface area contributed by atoms with E-state index in [0.29, 0.717) is 5.56 Å². The van der Waals surface area contributed by atoms with Gasteiger partial charge in [0.05, 0.1) is 5.69 Å². The van der Waals surface area contributed by atoms with Crippen LogP contribution >= 0.6 is 0 Å². The average Bonchev–Trinajstić information content (AvgIpc) is 3.00. The zero-order valence-corrected chi connectivity index (χ0v) is 13.6. The lowest BCUT2D eigenvalue weighted by Gasteiger charge is -2.11. The van der Waals surface area contributed by atoms with Gasteiger partial charge in [-0.1, -0.05) is 6.07 Å². The minimum atomic E-state index is -4.79. The number of halogens is 3. The molecule has 1 N–H and O–H groups in total. The van der Waals surface area contributed by atoms with E-state index < -0.39 is 18.0 Å². The molecule has 0 radical (unpaired) electrons. The van der Waals surface area contributed by atoms with Gasteiger partial charge in [0.25, 0.3) is 5.91 Å². The average molecular weight is 361 g/mol. The molecule has 0 fully saturated rings. The summed E-state index contributed by atoms with van der Waals surface area (Å²) in [6, 6.07) is 13.6. The van der Waals surface area contributed by atoms with E-state index in [0.717, 1.165) is 23.5 Å². The Bertz CT molecular complexity index is 918. The van der Waals surface area contributed by atoms with Crippen molar-refractivity contribution in [3.63, 3.8) is 0 Å². The first-order chi connectivity index (χ1) is 12.3. The van der Waals surface area contributed by atoms with Gasteiger partial charge in [-0.05, 0) is 49.4 Å². The zero-order chi connectivity index (χ0) is 18.7. The van der Waals surface area contributed by atoms with Gasteiger partial charge in [0, 0.05) is 29.2 Å². The zero-order valence-electron chi connectivity index (χ0n) is 13.6. The predicted octanol–water partition coefficient (Wildman–Crippen LogP) is 4.33. The Morgan fingerprint density at radius 1 is 1.12 bits per heavy atom. The fraction of sp³-hybridized carbons (Fsp3) is 0.111. The van der Waals surface area contributed by atoms with E-state index in [9.17, 15) is 18.0 Å². The van der Waals surface area contributed by atoms with Crippen LogP contribution in [0.2, 0.25) is 0 Å². The van der Waals surface area contributed by atoms with Gasteiger partial charge in [-0.15, -0.1) is 13.2 Å². The van der Waals surface area contributed by atoms with Gasteiger partial charge in [0.2, 0.25) is 0 Å². The van der Waals surface area contributed by atoms with E-state index in [1.54, 1.807) is 35.1 Å². The third-order valence-electron chi connectivity index (χ3n) is 3.53. The van der Waals surface area contributed by atoms with E-state index in [4.69, 9.17) is 0 Å². The van der Waals surface area contributed by atoms with Gasteiger partial charge < -0.3 is 10.1 Å². The Morgan fingerprint density at radius 2 is 1.85 bits per heavy atom. The van der Waals surface area contributed by atoms with Crippen molar-refractivity contribution in [1.29, 1.82) is 0 Å². The van der Waals surface area contributed by atoms with Crippen LogP contribution in [0.4, 0.5) is 18.9 Å². The summed E-state index contributed by atoms with van der Waals surface area (Å²) in [6.45, 7) is 1.91. The quantitative estimate of drug-likeness (QED) is 0.752. The number of nitrogens with one attached hydrogen (secondary N) is 1. The van der Waals surface area contributed by atoms with Crippen LogP contribution in [0.5, 0.6) is 5.75 Å². The van der Waals surface area contributed by atoms with Crippen molar-refractivity contribution in [1.82, 2.24) is 9.78 Å². The van der Waals surface area contributed by atoms with E-state index in [2.05, 4.69) is 15.2 Å². The summed E-state index contributed by atoms with van der Waals surface area (Å²) in [4.78, 5) is 12.3. The largest absolute Gasteiger partial charge is 0.573 e. The molecule has 0 saturated carbocycles. The topological polar surface area (TPSA) is 56.2 Å². The Morgan fingerprint density at radius 3 is 2.46 bits per heavy atom. The Labute approximate surface area is 147 Å². The number of hydrogen-bond acceptors (Lipinski definition) is 3. The molecule has 3 rings (SSSR count). The number of carbonyl (C=O) groups excluding carboxylic acids is 1. The first-order valence-corrected chi connectivity index (χ1v) is 7.60. The molecule has 134 valence electrons. The lowest BCUT2D eigenvalue weighted by molar-refractivity contribution is -0.274. The van der Waals surface area contributed by atoms with E-state index in [1.165, 1.54) is 12.1 Å². The number of nitrogens with zero attached hydrogens (tertiary/aromatic N) is 2. The molecule has 0 aliphatic rings. The first kappa shape index (κ1) is 17.5. The summed E-state index contributed by atoms with van der Waals surface area (Å²) >= 11 is 0. The standard InChI is InChI=1S/C18H14F3N3O2/c1-12-9-10-22-24(12)15-7-5-13(6-8-15)17(25)23-14-3-2-4-16(11-14)26-18(19,20)21/h2-11H,1H3,(H,23,25). The first-order valence-electron chi connectivity index (χ1n) is 7.60. The summed E-state index contributed by atoms with van der Waals surface area (Å²) in [6.07, 6.45) is -3.12. The monoisotopic (exact) mass is 361 g/mol. The lowest BCUT2D eigenvalue weighted by atomic mass is 10.2. The number of ether oxygens (including phenoxy) is 1. The number of amides is 1. The van der Waals surface area contributed by atoms with Crippen molar-refractivity contribution in [3.05, 3.63) is 72.1 Å². The van der Waals surface area contributed by atoms with Crippen LogP contribution in [0.25, 0.3) is 5.69 Å². The Hall–Kier alpha value is -3.29. The molecule has 8 heteroatoms. The molecule has 2 aromatic carbocycles. The second-order valence-electron chi connectivity index (χ2n) is 5.46. The minimum absolute atomic E-state index is 0.198. The molecule has 0 aliphatic heterocycles. The van der Waals surface area contributed by atoms with E-state index >= 15 is 0 Å². The van der Waals surface area contributed by atoms with Crippen LogP contribution in [-0.2, 0) is 0 Å². The molecule has 0 spiro atoms. The third-order valence-corrected chi connectivity index (χ3v) is 3.53. The van der Waals surface area contributed by atoms with Crippen molar-refractivity contribution in [3.8, 4) is 11.4 Å². The number of aromatic nitrogens is 2. The van der Waals surface area contributed by atoms with Gasteiger partial charge in [-0.25, -0.2) is 4.68 Å². The molecule has 3 aromatic rings. The van der Waals surface area contributed by atoms with Crippen LogP contribution in [-0.4, -0.2) is 22.1 Å². The number of rotatable bonds is 4. The minimum Gasteiger partial charge on any atom is -0.406 e. The molecule has 26 heavy (non-hydrogen) atoms. The fourth-order valence-corrected chi connectivity index (χ4v) is 2.37. The van der Waals surface area contributed by atoms with E-state index in [1.807, 2.05) is 13.0 Å². The normalized spacial score (nSPS) is 11.2. The lowest BCUT2D eigenvalue weighted by Crippen LogP contribution is -2.17. The van der Waals surface area contributed by atoms with Gasteiger partial charge in [-0.3, -0.25) is 4.79 Å². The van der Waals surface area contributed by atoms with Crippen LogP contribution in [0, 0.1) is 6.92 Å². The van der Waals surface area contributed by atoms with Crippen LogP contribution in [0.3, 0.4) is 0 Å². The Kier molecular flexibility index (Phi) is 4.66. The van der Waals surface area contributed by atoms with Crippen LogP contribution in [0.15, 0.2) is 60.8 Å². The second-order valence-corrected chi connectivity index (χ2v) is 5.46. The summed E-state index contributed by atoms with van der Waals surface area (Å²) in [5.74, 6) is -0.849. The van der Waals surface area contributed by atoms with Crippen molar-refractivity contribution in [2.45, 2.75) is 13.3 Å². The molecular weight excluding hydrogens is 347 g/mol. The van der Waals surface area contributed by atoms with Gasteiger partial charge in [-0.2, -0.15) is 5.10 Å². The van der Waals surface area contributed by atoms with Crippen molar-refractivity contribution < 1.29 is 22.7 Å². The SMILES string of the molecule is Cc1ccnn1-c1ccc(C(=O)Nc2cccc(OC(F)(F)F)c2)cc1. The van der Waals surface area contributed by atoms with Crippen molar-refractivity contribution in [2.75, 3.05) is 5.32 Å². The number of benzene rings is 2. The molecule has 1 amide bonds. The fourth-order valence-electron chi connectivity index (χ4n) is 2.37. The highest BCUT2D eigenvalue weighted by atomic mass is 19.4. The molecule has 0 saturated heterocycles. The van der Waals surface area contributed by atoms with Crippen LogP contribution < -0.4 is 10.1 Å². The number of hydrogen-bond donors (Lipinski definition) is 1. The number of anilines is 1. The maximum absolute atomic E-state index is 12.3. The highest BCUT2D eigenvalue weighted by Gasteiger charge is 2.31. The molecule has 0 unspecified atom stereocenters. The van der Waals surface area contributed by atoms with Gasteiger partial charge >= 0.3 is 6.36 Å². The predicted molar refractivity (Wildman–Crippen MR) is 89.4 cm³/mol. The van der Waals surface area contributed by atoms with Gasteiger partial charge in [0.1, 0.15) is 5.75 Å². The summed E-state index contributed by atoms with van der Waals surface area (Å²) in [5, 5.41) is 6.72. The summed E-state index contributed by atoms with van der Waals surface area (Å²) in [5.41, 5.74) is 2.30. The highest BCUT2D eigenvalue weighted by Crippen LogP contribution is 2.25. The smallest absolute Gasteiger partial charge is 0.406 e. The summed E-state index contributed by atoms with van der Waals surface area (Å²) < 4.78 is 42.4. The summed E-state index contributed by atoms with van der Waals surface area (Å²) in [7, 11) is 0. The molecule has 1 aromatic heterocycles. The van der Waals surface area contributed by atoms with Crippen molar-refractivity contribution in [2.24, 2.45) is 0 Å². The molecular formula is C18H14F3N3O2.